The molecule has 2 heterocycles. The minimum atomic E-state index is -0.355. The van der Waals surface area contributed by atoms with Gasteiger partial charge in [-0.2, -0.15) is 5.26 Å². The van der Waals surface area contributed by atoms with Crippen LogP contribution in [0.4, 0.5) is 10.1 Å². The van der Waals surface area contributed by atoms with Gasteiger partial charge in [-0.3, -0.25) is 4.79 Å². The summed E-state index contributed by atoms with van der Waals surface area (Å²) < 4.78 is 16.6. The molecule has 1 saturated carbocycles. The number of hydrogen-bond donors (Lipinski definition) is 1. The maximum atomic E-state index is 14.8. The predicted molar refractivity (Wildman–Crippen MR) is 90.7 cm³/mol. The number of rotatable bonds is 2. The fraction of sp³-hybridized carbons (Fsp3) is 0.444. The molecule has 0 unspecified atom stereocenters. The normalized spacial score (nSPS) is 20.6. The smallest absolute Gasteiger partial charge is 0.252 e. The number of halogens is 1. The summed E-state index contributed by atoms with van der Waals surface area (Å²) in [5, 5.41) is 9.87. The molecule has 0 bridgehead atoms. The maximum Gasteiger partial charge on any atom is 0.252 e. The van der Waals surface area contributed by atoms with E-state index >= 15 is 0 Å². The predicted octanol–water partition coefficient (Wildman–Crippen LogP) is 2.19. The number of nitriles is 1. The lowest BCUT2D eigenvalue weighted by Gasteiger charge is -2.24. The van der Waals surface area contributed by atoms with E-state index in [1.165, 1.54) is 12.1 Å². The molecule has 24 heavy (non-hydrogen) atoms. The number of hydrogen-bond acceptors (Lipinski definition) is 4. The second-order valence-corrected chi connectivity index (χ2v) is 6.83. The van der Waals surface area contributed by atoms with Crippen LogP contribution in [0.3, 0.4) is 0 Å². The molecule has 2 fully saturated rings. The Morgan fingerprint density at radius 2 is 2.08 bits per heavy atom. The summed E-state index contributed by atoms with van der Waals surface area (Å²) in [6.07, 6.45) is 2.72. The molecule has 0 amide bonds. The van der Waals surface area contributed by atoms with Crippen molar-refractivity contribution in [2.75, 3.05) is 18.0 Å². The number of aryl methyl sites for hydroxylation is 1. The summed E-state index contributed by atoms with van der Waals surface area (Å²) in [6.45, 7) is 3.15. The third kappa shape index (κ3) is 2.20. The second kappa shape index (κ2) is 5.32. The zero-order valence-electron chi connectivity index (χ0n) is 13.6. The Labute approximate surface area is 139 Å². The van der Waals surface area contributed by atoms with Gasteiger partial charge in [-0.1, -0.05) is 0 Å². The van der Waals surface area contributed by atoms with Gasteiger partial charge in [0, 0.05) is 36.6 Å². The van der Waals surface area contributed by atoms with E-state index in [4.69, 9.17) is 5.73 Å². The lowest BCUT2D eigenvalue weighted by atomic mass is 10.0. The van der Waals surface area contributed by atoms with E-state index in [-0.39, 0.29) is 29.0 Å². The number of nitrogens with zero attached hydrogens (tertiary/aromatic N) is 3. The van der Waals surface area contributed by atoms with Gasteiger partial charge in [-0.15, -0.1) is 0 Å². The standard InChI is InChI=1S/C18H19FN4O/c1-10-17-14(7-15(19)18(10)22-5-4-12(21)9-22)11(8-20)6-16(24)23(17)13-2-3-13/h6-7,12-13H,2-5,9,21H2,1H3/t12-/m0/s1. The van der Waals surface area contributed by atoms with Crippen molar-refractivity contribution in [2.24, 2.45) is 5.73 Å². The van der Waals surface area contributed by atoms with Crippen LogP contribution < -0.4 is 16.2 Å². The third-order valence-corrected chi connectivity index (χ3v) is 5.07. The molecule has 1 aliphatic heterocycles. The van der Waals surface area contributed by atoms with E-state index in [2.05, 4.69) is 0 Å². The van der Waals surface area contributed by atoms with Gasteiger partial charge in [0.05, 0.1) is 16.8 Å². The van der Waals surface area contributed by atoms with Crippen molar-refractivity contribution < 1.29 is 4.39 Å². The van der Waals surface area contributed by atoms with Crippen molar-refractivity contribution in [1.29, 1.82) is 5.26 Å². The Bertz CT molecular complexity index is 939. The maximum absolute atomic E-state index is 14.8. The van der Waals surface area contributed by atoms with E-state index in [1.54, 1.807) is 4.57 Å². The Hall–Kier alpha value is -2.39. The van der Waals surface area contributed by atoms with Crippen molar-refractivity contribution in [3.63, 3.8) is 0 Å². The summed E-state index contributed by atoms with van der Waals surface area (Å²) in [6, 6.07) is 4.96. The topological polar surface area (TPSA) is 75.1 Å². The Morgan fingerprint density at radius 1 is 1.33 bits per heavy atom. The average Bonchev–Trinajstić information content (AvgIpc) is 3.29. The molecule has 2 aliphatic rings. The van der Waals surface area contributed by atoms with Crippen LogP contribution in [0, 0.1) is 24.1 Å². The first-order valence-electron chi connectivity index (χ1n) is 8.30. The van der Waals surface area contributed by atoms with Crippen molar-refractivity contribution in [3.8, 4) is 6.07 Å². The van der Waals surface area contributed by atoms with Crippen LogP contribution in [0.1, 0.15) is 36.4 Å². The molecule has 6 heteroatoms. The summed E-state index contributed by atoms with van der Waals surface area (Å²) in [4.78, 5) is 14.5. The van der Waals surface area contributed by atoms with Crippen LogP contribution in [-0.2, 0) is 0 Å². The van der Waals surface area contributed by atoms with Crippen LogP contribution in [0.15, 0.2) is 16.9 Å². The van der Waals surface area contributed by atoms with Gasteiger partial charge in [0.25, 0.3) is 5.56 Å². The molecular weight excluding hydrogens is 307 g/mol. The molecule has 0 radical (unpaired) electrons. The van der Waals surface area contributed by atoms with Gasteiger partial charge in [0.1, 0.15) is 11.9 Å². The van der Waals surface area contributed by atoms with Crippen molar-refractivity contribution in [3.05, 3.63) is 39.4 Å². The van der Waals surface area contributed by atoms with Gasteiger partial charge < -0.3 is 15.2 Å². The lowest BCUT2D eigenvalue weighted by molar-refractivity contribution is 0.622. The van der Waals surface area contributed by atoms with E-state index in [1.807, 2.05) is 17.9 Å². The monoisotopic (exact) mass is 326 g/mol. The van der Waals surface area contributed by atoms with Gasteiger partial charge in [-0.25, -0.2) is 4.39 Å². The highest BCUT2D eigenvalue weighted by molar-refractivity contribution is 5.92. The van der Waals surface area contributed by atoms with Gasteiger partial charge in [0.15, 0.2) is 0 Å². The van der Waals surface area contributed by atoms with E-state index in [0.717, 1.165) is 24.8 Å². The first-order valence-corrected chi connectivity index (χ1v) is 8.30. The molecule has 124 valence electrons. The quantitative estimate of drug-likeness (QED) is 0.918. The van der Waals surface area contributed by atoms with E-state index < -0.39 is 0 Å². The van der Waals surface area contributed by atoms with Crippen molar-refractivity contribution in [1.82, 2.24) is 4.57 Å². The van der Waals surface area contributed by atoms with Gasteiger partial charge in [0.2, 0.25) is 0 Å². The first-order chi connectivity index (χ1) is 11.5. The molecule has 1 aliphatic carbocycles. The number of anilines is 1. The highest BCUT2D eigenvalue weighted by atomic mass is 19.1. The zero-order valence-corrected chi connectivity index (χ0v) is 13.6. The minimum Gasteiger partial charge on any atom is -0.367 e. The van der Waals surface area contributed by atoms with Crippen molar-refractivity contribution in [2.45, 2.75) is 38.3 Å². The Balaban J connectivity index is 2.05. The lowest BCUT2D eigenvalue weighted by Crippen LogP contribution is -2.28. The number of benzene rings is 1. The van der Waals surface area contributed by atoms with Gasteiger partial charge >= 0.3 is 0 Å². The van der Waals surface area contributed by atoms with Crippen LogP contribution >= 0.6 is 0 Å². The molecule has 1 aromatic carbocycles. The molecule has 2 aromatic rings. The number of pyridine rings is 1. The zero-order chi connectivity index (χ0) is 17.0. The van der Waals surface area contributed by atoms with E-state index in [0.29, 0.717) is 29.7 Å². The van der Waals surface area contributed by atoms with Crippen LogP contribution in [0.2, 0.25) is 0 Å². The molecular formula is C18H19FN4O. The van der Waals surface area contributed by atoms with E-state index in [9.17, 15) is 14.4 Å². The highest BCUT2D eigenvalue weighted by Crippen LogP contribution is 2.40. The minimum absolute atomic E-state index is 0.0376. The summed E-state index contributed by atoms with van der Waals surface area (Å²) >= 11 is 0. The largest absolute Gasteiger partial charge is 0.367 e. The molecule has 0 spiro atoms. The summed E-state index contributed by atoms with van der Waals surface area (Å²) in [7, 11) is 0. The van der Waals surface area contributed by atoms with Gasteiger partial charge in [-0.05, 0) is 37.8 Å². The molecule has 1 saturated heterocycles. The first kappa shape index (κ1) is 15.2. The number of nitrogens with two attached hydrogens (primary N) is 1. The summed E-state index contributed by atoms with van der Waals surface area (Å²) in [5.41, 5.74) is 7.95. The van der Waals surface area contributed by atoms with Crippen molar-refractivity contribution >= 4 is 16.6 Å². The molecule has 5 nitrogen and oxygen atoms in total. The fourth-order valence-corrected chi connectivity index (χ4v) is 3.82. The second-order valence-electron chi connectivity index (χ2n) is 6.83. The number of fused-ring (bicyclic) bond motifs is 1. The molecule has 4 rings (SSSR count). The molecule has 1 atom stereocenters. The molecule has 2 N–H and O–H groups in total. The average molecular weight is 326 g/mol. The van der Waals surface area contributed by atoms with Crippen LogP contribution in [-0.4, -0.2) is 23.7 Å². The Kier molecular flexibility index (Phi) is 3.36. The van der Waals surface area contributed by atoms with Crippen LogP contribution in [0.25, 0.3) is 10.9 Å². The molecule has 1 aromatic heterocycles. The number of aromatic nitrogens is 1. The van der Waals surface area contributed by atoms with Crippen LogP contribution in [0.5, 0.6) is 0 Å². The third-order valence-electron chi connectivity index (χ3n) is 5.07. The highest BCUT2D eigenvalue weighted by Gasteiger charge is 2.30. The summed E-state index contributed by atoms with van der Waals surface area (Å²) in [5.74, 6) is -0.355. The fourth-order valence-electron chi connectivity index (χ4n) is 3.82. The SMILES string of the molecule is Cc1c(N2CC[C@H](N)C2)c(F)cc2c(C#N)cc(=O)n(C3CC3)c12. The Morgan fingerprint density at radius 3 is 2.67 bits per heavy atom.